The Morgan fingerprint density at radius 3 is 2.00 bits per heavy atom. The summed E-state index contributed by atoms with van der Waals surface area (Å²) < 4.78 is 12.0. The average Bonchev–Trinajstić information content (AvgIpc) is 2.43. The molecule has 1 aromatic rings. The topological polar surface area (TPSA) is 50.0 Å². The first-order valence-corrected chi connectivity index (χ1v) is 11.7. The first-order chi connectivity index (χ1) is 8.33. The molecular weight excluding hydrogens is 260 g/mol. The maximum atomic E-state index is 5.99. The van der Waals surface area contributed by atoms with Gasteiger partial charge in [0.1, 0.15) is 8.31 Å². The highest BCUT2D eigenvalue weighted by Gasteiger charge is 2.47. The summed E-state index contributed by atoms with van der Waals surface area (Å²) >= 11 is 0. The second-order valence-electron chi connectivity index (χ2n) is 4.78. The summed E-state index contributed by atoms with van der Waals surface area (Å²) in [5.74, 6) is 0. The number of benzene rings is 1. The van der Waals surface area contributed by atoms with Gasteiger partial charge < -0.3 is 14.3 Å². The van der Waals surface area contributed by atoms with Gasteiger partial charge in [-0.3, -0.25) is 0 Å². The minimum absolute atomic E-state index is 0. The molecule has 0 aromatic heterocycles. The van der Waals surface area contributed by atoms with Gasteiger partial charge >= 0.3 is 8.08 Å². The molecule has 0 atom stereocenters. The molecule has 1 aromatic carbocycles. The van der Waals surface area contributed by atoms with Gasteiger partial charge in [-0.25, -0.2) is 0 Å². The highest BCUT2D eigenvalue weighted by molar-refractivity contribution is 7.33. The predicted octanol–water partition coefficient (Wildman–Crippen LogP) is 1.29. The van der Waals surface area contributed by atoms with Crippen LogP contribution in [0.25, 0.3) is 0 Å². The Bertz CT molecular complexity index is 335. The Morgan fingerprint density at radius 1 is 0.944 bits per heavy atom. The molecule has 1 saturated heterocycles. The summed E-state index contributed by atoms with van der Waals surface area (Å²) in [4.78, 5) is 0. The van der Waals surface area contributed by atoms with Crippen LogP contribution in [0.3, 0.4) is 0 Å². The van der Waals surface area contributed by atoms with Crippen molar-refractivity contribution in [2.45, 2.75) is 31.4 Å². The van der Waals surface area contributed by atoms with Crippen LogP contribution >= 0.6 is 0 Å². The SMILES string of the molecule is CO[Si](OC)(c1ccccc1)[SiH]1CCCCC1.O. The lowest BCUT2D eigenvalue weighted by Gasteiger charge is -2.36. The lowest BCUT2D eigenvalue weighted by atomic mass is 10.3. The van der Waals surface area contributed by atoms with Crippen LogP contribution in [-0.4, -0.2) is 36.1 Å². The van der Waals surface area contributed by atoms with Crippen molar-refractivity contribution in [3.05, 3.63) is 30.3 Å². The van der Waals surface area contributed by atoms with Crippen LogP contribution in [-0.2, 0) is 8.85 Å². The van der Waals surface area contributed by atoms with Crippen molar-refractivity contribution < 1.29 is 14.3 Å². The van der Waals surface area contributed by atoms with Gasteiger partial charge in [0.05, 0.1) is 0 Å². The van der Waals surface area contributed by atoms with Crippen molar-refractivity contribution in [3.8, 4) is 0 Å². The zero-order valence-electron chi connectivity index (χ0n) is 11.3. The van der Waals surface area contributed by atoms with Gasteiger partial charge in [0.15, 0.2) is 0 Å². The minimum Gasteiger partial charge on any atom is -0.412 e. The van der Waals surface area contributed by atoms with E-state index in [4.69, 9.17) is 8.85 Å². The minimum atomic E-state index is -2.08. The number of hydrogen-bond donors (Lipinski definition) is 0. The van der Waals surface area contributed by atoms with E-state index in [1.165, 1.54) is 36.5 Å². The molecule has 18 heavy (non-hydrogen) atoms. The summed E-state index contributed by atoms with van der Waals surface area (Å²) in [5.41, 5.74) is 0. The summed E-state index contributed by atoms with van der Waals surface area (Å²) in [6.07, 6.45) is 4.16. The molecule has 2 N–H and O–H groups in total. The van der Waals surface area contributed by atoms with Gasteiger partial charge in [0.25, 0.3) is 0 Å². The van der Waals surface area contributed by atoms with Gasteiger partial charge in [0.2, 0.25) is 0 Å². The van der Waals surface area contributed by atoms with Gasteiger partial charge in [-0.05, 0) is 5.19 Å². The van der Waals surface area contributed by atoms with Gasteiger partial charge in [0, 0.05) is 14.2 Å². The first kappa shape index (κ1) is 15.6. The second-order valence-corrected chi connectivity index (χ2v) is 14.8. The first-order valence-electron chi connectivity index (χ1n) is 6.49. The van der Waals surface area contributed by atoms with Gasteiger partial charge in [-0.15, -0.1) is 0 Å². The Labute approximate surface area is 112 Å². The Kier molecular flexibility index (Phi) is 6.24. The van der Waals surface area contributed by atoms with E-state index < -0.39 is 16.4 Å². The van der Waals surface area contributed by atoms with Crippen LogP contribution in [0.2, 0.25) is 12.1 Å². The monoisotopic (exact) mass is 284 g/mol. The molecule has 0 aliphatic carbocycles. The number of rotatable bonds is 4. The Balaban J connectivity index is 0.00000162. The molecular formula is C13H24O3Si2. The standard InChI is InChI=1S/C13H22O2Si2.H2O/c1-14-17(15-2,13-9-5-3-6-10-13)16-11-7-4-8-12-16;/h3,5-6,9-10,16H,4,7-8,11-12H2,1-2H3;1H2. The molecule has 2 rings (SSSR count). The fourth-order valence-electron chi connectivity index (χ4n) is 3.04. The fraction of sp³-hybridized carbons (Fsp3) is 0.538. The van der Waals surface area contributed by atoms with Gasteiger partial charge in [-0.2, -0.15) is 0 Å². The van der Waals surface area contributed by atoms with E-state index in [9.17, 15) is 0 Å². The second kappa shape index (κ2) is 7.20. The smallest absolute Gasteiger partial charge is 0.345 e. The Hall–Kier alpha value is -0.466. The lowest BCUT2D eigenvalue weighted by molar-refractivity contribution is 0.277. The summed E-state index contributed by atoms with van der Waals surface area (Å²) in [5, 5.41) is 1.34. The average molecular weight is 285 g/mol. The molecule has 1 fully saturated rings. The van der Waals surface area contributed by atoms with Crippen LogP contribution in [0.5, 0.6) is 0 Å². The summed E-state index contributed by atoms with van der Waals surface area (Å²) in [7, 11) is 0.714. The molecule has 0 saturated carbocycles. The van der Waals surface area contributed by atoms with Crippen LogP contribution in [0, 0.1) is 0 Å². The molecule has 0 radical (unpaired) electrons. The zero-order valence-corrected chi connectivity index (χ0v) is 13.5. The highest BCUT2D eigenvalue weighted by Crippen LogP contribution is 2.26. The molecule has 0 amide bonds. The number of hydrogen-bond acceptors (Lipinski definition) is 2. The predicted molar refractivity (Wildman–Crippen MR) is 80.1 cm³/mol. The molecule has 3 nitrogen and oxygen atoms in total. The quantitative estimate of drug-likeness (QED) is 0.782. The maximum Gasteiger partial charge on any atom is 0.345 e. The van der Waals surface area contributed by atoms with Crippen LogP contribution in [0.1, 0.15) is 19.3 Å². The molecule has 1 aliphatic rings. The third-order valence-electron chi connectivity index (χ3n) is 3.93. The third-order valence-corrected chi connectivity index (χ3v) is 16.9. The van der Waals surface area contributed by atoms with E-state index in [0.717, 1.165) is 0 Å². The van der Waals surface area contributed by atoms with Crippen LogP contribution in [0.15, 0.2) is 30.3 Å². The lowest BCUT2D eigenvalue weighted by Crippen LogP contribution is -2.64. The fourth-order valence-corrected chi connectivity index (χ4v) is 15.6. The van der Waals surface area contributed by atoms with E-state index in [0.29, 0.717) is 0 Å². The zero-order chi connectivity index (χ0) is 12.1. The van der Waals surface area contributed by atoms with Crippen LogP contribution in [0.4, 0.5) is 0 Å². The molecule has 1 heterocycles. The van der Waals surface area contributed by atoms with Crippen LogP contribution < -0.4 is 5.19 Å². The maximum absolute atomic E-state index is 5.99. The van der Waals surface area contributed by atoms with Crippen molar-refractivity contribution in [1.29, 1.82) is 0 Å². The molecule has 1 aliphatic heterocycles. The summed E-state index contributed by atoms with van der Waals surface area (Å²) in [6.45, 7) is 0. The van der Waals surface area contributed by atoms with Crippen molar-refractivity contribution in [1.82, 2.24) is 0 Å². The van der Waals surface area contributed by atoms with Crippen molar-refractivity contribution in [3.63, 3.8) is 0 Å². The molecule has 5 heteroatoms. The molecule has 0 bridgehead atoms. The van der Waals surface area contributed by atoms with E-state index in [2.05, 4.69) is 30.3 Å². The van der Waals surface area contributed by atoms with Crippen molar-refractivity contribution >= 4 is 21.6 Å². The third kappa shape index (κ3) is 2.92. The van der Waals surface area contributed by atoms with Crippen molar-refractivity contribution in [2.24, 2.45) is 0 Å². The summed E-state index contributed by atoms with van der Waals surface area (Å²) in [6, 6.07) is 13.4. The van der Waals surface area contributed by atoms with E-state index >= 15 is 0 Å². The van der Waals surface area contributed by atoms with E-state index in [-0.39, 0.29) is 5.48 Å². The normalized spacial score (nSPS) is 17.2. The molecule has 0 spiro atoms. The van der Waals surface area contributed by atoms with Crippen molar-refractivity contribution in [2.75, 3.05) is 14.2 Å². The molecule has 0 unspecified atom stereocenters. The molecule has 102 valence electrons. The van der Waals surface area contributed by atoms with E-state index in [1.54, 1.807) is 0 Å². The largest absolute Gasteiger partial charge is 0.412 e. The highest BCUT2D eigenvalue weighted by atomic mass is 29.3. The van der Waals surface area contributed by atoms with Gasteiger partial charge in [-0.1, -0.05) is 61.7 Å². The van der Waals surface area contributed by atoms with E-state index in [1.807, 2.05) is 14.2 Å². The Morgan fingerprint density at radius 2 is 1.50 bits per heavy atom.